The molecule has 1 aliphatic rings. The number of carboxylic acid groups (broad SMARTS) is 1. The molecule has 11 heteroatoms. The second-order valence-corrected chi connectivity index (χ2v) is 9.05. The first kappa shape index (κ1) is 26.9. The van der Waals surface area contributed by atoms with Crippen LogP contribution in [-0.4, -0.2) is 85.5 Å². The summed E-state index contributed by atoms with van der Waals surface area (Å²) in [5.74, 6) is -1.88. The molecule has 2 aromatic carbocycles. The first-order valence-electron chi connectivity index (χ1n) is 11.6. The van der Waals surface area contributed by atoms with Gasteiger partial charge in [0, 0.05) is 34.1 Å². The van der Waals surface area contributed by atoms with Crippen molar-refractivity contribution >= 4 is 40.3 Å². The van der Waals surface area contributed by atoms with Gasteiger partial charge in [0.05, 0.1) is 33.0 Å². The number of alkyl carbamates (subject to hydrolysis) is 1. The Morgan fingerprint density at radius 3 is 2.28 bits per heavy atom. The lowest BCUT2D eigenvalue weighted by molar-refractivity contribution is -0.134. The third-order valence-electron chi connectivity index (χ3n) is 5.17. The third kappa shape index (κ3) is 6.92. The van der Waals surface area contributed by atoms with Crippen LogP contribution in [0.3, 0.4) is 0 Å². The minimum Gasteiger partial charge on any atom is -0.480 e. The number of rotatable bonds is 12. The number of aliphatic carboxylic acids is 1. The van der Waals surface area contributed by atoms with Gasteiger partial charge in [0.15, 0.2) is 0 Å². The number of imide groups is 1. The van der Waals surface area contributed by atoms with Gasteiger partial charge in [-0.1, -0.05) is 12.1 Å². The molecular formula is C25H31N3O8. The van der Waals surface area contributed by atoms with E-state index in [1.807, 2.05) is 0 Å². The zero-order chi connectivity index (χ0) is 26.3. The van der Waals surface area contributed by atoms with E-state index in [0.717, 1.165) is 4.90 Å². The van der Waals surface area contributed by atoms with Crippen LogP contribution in [0.2, 0.25) is 0 Å². The van der Waals surface area contributed by atoms with Crippen LogP contribution in [-0.2, 0) is 19.0 Å². The molecule has 0 saturated heterocycles. The van der Waals surface area contributed by atoms with E-state index in [9.17, 15) is 19.2 Å². The van der Waals surface area contributed by atoms with Gasteiger partial charge in [-0.3, -0.25) is 19.3 Å². The van der Waals surface area contributed by atoms with Crippen molar-refractivity contribution in [1.82, 2.24) is 10.2 Å². The Labute approximate surface area is 208 Å². The summed E-state index contributed by atoms with van der Waals surface area (Å²) in [4.78, 5) is 49.7. The lowest BCUT2D eigenvalue weighted by Crippen LogP contribution is -2.42. The standard InChI is InChI=1S/C25H31N3O8/c1-25(2,3)36-24(33)26-9-11-34-13-14-35-12-10-28-22(31)17-6-4-5-16-19(27-15-20(29)30)8-7-18(21(16)17)23(28)32/h4-8,27H,9-15H2,1-3H3,(H,26,33)(H,29,30). The molecule has 0 spiro atoms. The monoisotopic (exact) mass is 501 g/mol. The molecule has 3 amide bonds. The van der Waals surface area contributed by atoms with Crippen LogP contribution in [0, 0.1) is 0 Å². The highest BCUT2D eigenvalue weighted by Gasteiger charge is 2.33. The summed E-state index contributed by atoms with van der Waals surface area (Å²) in [7, 11) is 0. The Bertz CT molecular complexity index is 1120. The number of carbonyl (C=O) groups excluding carboxylic acids is 3. The van der Waals surface area contributed by atoms with E-state index in [-0.39, 0.29) is 39.5 Å². The van der Waals surface area contributed by atoms with Gasteiger partial charge in [-0.25, -0.2) is 4.79 Å². The van der Waals surface area contributed by atoms with E-state index in [0.29, 0.717) is 34.1 Å². The molecule has 0 saturated carbocycles. The summed E-state index contributed by atoms with van der Waals surface area (Å²) in [6, 6.07) is 8.33. The molecule has 0 atom stereocenters. The van der Waals surface area contributed by atoms with Crippen molar-refractivity contribution in [3.63, 3.8) is 0 Å². The van der Waals surface area contributed by atoms with Crippen LogP contribution in [0.1, 0.15) is 41.5 Å². The summed E-state index contributed by atoms with van der Waals surface area (Å²) in [5.41, 5.74) is 0.729. The fraction of sp³-hybridized carbons (Fsp3) is 0.440. The predicted octanol–water partition coefficient (Wildman–Crippen LogP) is 2.49. The molecule has 0 aromatic heterocycles. The number of ether oxygens (including phenoxy) is 3. The smallest absolute Gasteiger partial charge is 0.407 e. The van der Waals surface area contributed by atoms with Crippen molar-refractivity contribution in [1.29, 1.82) is 0 Å². The molecule has 3 rings (SSSR count). The highest BCUT2D eigenvalue weighted by atomic mass is 16.6. The molecule has 0 fully saturated rings. The van der Waals surface area contributed by atoms with Crippen LogP contribution in [0.5, 0.6) is 0 Å². The topological polar surface area (TPSA) is 144 Å². The number of amides is 3. The molecule has 3 N–H and O–H groups in total. The highest BCUT2D eigenvalue weighted by molar-refractivity contribution is 6.26. The largest absolute Gasteiger partial charge is 0.480 e. The maximum atomic E-state index is 13.0. The van der Waals surface area contributed by atoms with Crippen molar-refractivity contribution in [3.05, 3.63) is 41.5 Å². The summed E-state index contributed by atoms with van der Waals surface area (Å²) < 4.78 is 16.0. The maximum Gasteiger partial charge on any atom is 0.407 e. The van der Waals surface area contributed by atoms with E-state index in [1.54, 1.807) is 51.1 Å². The number of carbonyl (C=O) groups is 4. The van der Waals surface area contributed by atoms with Crippen molar-refractivity contribution in [2.45, 2.75) is 26.4 Å². The van der Waals surface area contributed by atoms with Crippen molar-refractivity contribution in [2.24, 2.45) is 0 Å². The average molecular weight is 502 g/mol. The Kier molecular flexibility index (Phi) is 8.83. The molecule has 0 bridgehead atoms. The predicted molar refractivity (Wildman–Crippen MR) is 131 cm³/mol. The lowest BCUT2D eigenvalue weighted by atomic mass is 9.93. The van der Waals surface area contributed by atoms with Gasteiger partial charge in [-0.15, -0.1) is 0 Å². The SMILES string of the molecule is CC(C)(C)OC(=O)NCCOCCOCCN1C(=O)c2cccc3c(NCC(=O)O)ccc(c23)C1=O. The number of hydrogen-bond acceptors (Lipinski definition) is 8. The fourth-order valence-electron chi connectivity index (χ4n) is 3.69. The van der Waals surface area contributed by atoms with E-state index in [4.69, 9.17) is 19.3 Å². The number of nitrogens with one attached hydrogen (secondary N) is 2. The van der Waals surface area contributed by atoms with Gasteiger partial charge >= 0.3 is 12.1 Å². The number of hydrogen-bond donors (Lipinski definition) is 3. The van der Waals surface area contributed by atoms with E-state index in [2.05, 4.69) is 10.6 Å². The number of nitrogens with zero attached hydrogens (tertiary/aromatic N) is 1. The van der Waals surface area contributed by atoms with Crippen LogP contribution in [0.15, 0.2) is 30.3 Å². The average Bonchev–Trinajstić information content (AvgIpc) is 2.80. The molecule has 36 heavy (non-hydrogen) atoms. The Balaban J connectivity index is 1.46. The molecular weight excluding hydrogens is 470 g/mol. The van der Waals surface area contributed by atoms with Gasteiger partial charge < -0.3 is 30.0 Å². The van der Waals surface area contributed by atoms with E-state index < -0.39 is 29.5 Å². The Morgan fingerprint density at radius 1 is 0.944 bits per heavy atom. The Hall–Kier alpha value is -3.70. The van der Waals surface area contributed by atoms with Gasteiger partial charge in [0.25, 0.3) is 11.8 Å². The van der Waals surface area contributed by atoms with Gasteiger partial charge in [0.1, 0.15) is 12.1 Å². The number of benzene rings is 2. The zero-order valence-electron chi connectivity index (χ0n) is 20.6. The third-order valence-corrected chi connectivity index (χ3v) is 5.17. The van der Waals surface area contributed by atoms with Crippen molar-refractivity contribution in [3.8, 4) is 0 Å². The number of carboxylic acids is 1. The summed E-state index contributed by atoms with van der Waals surface area (Å²) in [6.07, 6.45) is -0.511. The van der Waals surface area contributed by atoms with E-state index in [1.165, 1.54) is 0 Å². The zero-order valence-corrected chi connectivity index (χ0v) is 20.6. The Morgan fingerprint density at radius 2 is 1.61 bits per heavy atom. The normalized spacial score (nSPS) is 13.1. The first-order valence-corrected chi connectivity index (χ1v) is 11.6. The molecule has 0 radical (unpaired) electrons. The number of anilines is 1. The fourth-order valence-corrected chi connectivity index (χ4v) is 3.69. The first-order chi connectivity index (χ1) is 17.1. The summed E-state index contributed by atoms with van der Waals surface area (Å²) >= 11 is 0. The van der Waals surface area contributed by atoms with Crippen LogP contribution in [0.25, 0.3) is 10.8 Å². The second kappa shape index (κ2) is 11.8. The highest BCUT2D eigenvalue weighted by Crippen LogP contribution is 2.34. The molecule has 0 aliphatic carbocycles. The molecule has 11 nitrogen and oxygen atoms in total. The minimum atomic E-state index is -1.02. The quantitative estimate of drug-likeness (QED) is 0.295. The van der Waals surface area contributed by atoms with Gasteiger partial charge in [-0.2, -0.15) is 0 Å². The lowest BCUT2D eigenvalue weighted by Gasteiger charge is -2.27. The maximum absolute atomic E-state index is 13.0. The van der Waals surface area contributed by atoms with Gasteiger partial charge in [-0.05, 0) is 39.0 Å². The van der Waals surface area contributed by atoms with E-state index >= 15 is 0 Å². The van der Waals surface area contributed by atoms with Crippen LogP contribution < -0.4 is 10.6 Å². The van der Waals surface area contributed by atoms with Gasteiger partial charge in [0.2, 0.25) is 0 Å². The molecule has 2 aromatic rings. The van der Waals surface area contributed by atoms with Crippen LogP contribution in [0.4, 0.5) is 10.5 Å². The van der Waals surface area contributed by atoms with Crippen LogP contribution >= 0.6 is 0 Å². The molecule has 1 heterocycles. The second-order valence-electron chi connectivity index (χ2n) is 9.05. The summed E-state index contributed by atoms with van der Waals surface area (Å²) in [6.45, 7) is 6.40. The minimum absolute atomic E-state index is 0.0761. The molecule has 194 valence electrons. The molecule has 0 unspecified atom stereocenters. The molecule has 1 aliphatic heterocycles. The summed E-state index contributed by atoms with van der Waals surface area (Å²) in [5, 5.41) is 15.5. The van der Waals surface area contributed by atoms with Crippen molar-refractivity contribution < 1.29 is 38.5 Å². The van der Waals surface area contributed by atoms with Crippen molar-refractivity contribution in [2.75, 3.05) is 51.4 Å².